The van der Waals surface area contributed by atoms with Gasteiger partial charge in [0.05, 0.1) is 17.2 Å². The predicted octanol–water partition coefficient (Wildman–Crippen LogP) is 4.00. The van der Waals surface area contributed by atoms with E-state index in [1.807, 2.05) is 24.3 Å². The standard InChI is InChI=1S/C20H21Cl2N5O3/c1-29-15-7-5-13(6-8-15)19-26-18(30-27-19)4-2-3-17(28)23-9-10-24-20-16(22)11-14(21)12-25-20/h5-8,11-12H,2-4,9-10H2,1H3,(H,23,28)(H,24,25). The number of hydrogen-bond acceptors (Lipinski definition) is 7. The molecule has 3 rings (SSSR count). The van der Waals surface area contributed by atoms with E-state index in [2.05, 4.69) is 25.8 Å². The Labute approximate surface area is 183 Å². The van der Waals surface area contributed by atoms with Crippen molar-refractivity contribution in [3.63, 3.8) is 0 Å². The zero-order valence-electron chi connectivity index (χ0n) is 16.3. The first-order chi connectivity index (χ1) is 14.5. The zero-order valence-corrected chi connectivity index (χ0v) is 17.8. The van der Waals surface area contributed by atoms with Gasteiger partial charge in [-0.3, -0.25) is 4.79 Å². The molecule has 30 heavy (non-hydrogen) atoms. The molecule has 10 heteroatoms. The number of nitrogens with zero attached hydrogens (tertiary/aromatic N) is 3. The molecule has 0 fully saturated rings. The van der Waals surface area contributed by atoms with Crippen LogP contribution in [0, 0.1) is 0 Å². The average molecular weight is 450 g/mol. The van der Waals surface area contributed by atoms with Gasteiger partial charge in [0.2, 0.25) is 17.6 Å². The third kappa shape index (κ3) is 6.33. The smallest absolute Gasteiger partial charge is 0.226 e. The fourth-order valence-corrected chi connectivity index (χ4v) is 3.08. The van der Waals surface area contributed by atoms with Gasteiger partial charge < -0.3 is 19.9 Å². The van der Waals surface area contributed by atoms with Crippen molar-refractivity contribution < 1.29 is 14.1 Å². The maximum Gasteiger partial charge on any atom is 0.226 e. The molecule has 0 saturated carbocycles. The second-order valence-electron chi connectivity index (χ2n) is 6.35. The molecule has 0 radical (unpaired) electrons. The number of hydrogen-bond donors (Lipinski definition) is 2. The normalized spacial score (nSPS) is 10.6. The number of rotatable bonds is 10. The number of ether oxygens (including phenoxy) is 1. The Morgan fingerprint density at radius 3 is 2.73 bits per heavy atom. The van der Waals surface area contributed by atoms with E-state index >= 15 is 0 Å². The van der Waals surface area contributed by atoms with E-state index in [4.69, 9.17) is 32.5 Å². The number of carbonyl (C=O) groups is 1. The number of methoxy groups -OCH3 is 1. The first kappa shape index (κ1) is 21.9. The summed E-state index contributed by atoms with van der Waals surface area (Å²) < 4.78 is 10.4. The molecule has 0 unspecified atom stereocenters. The Bertz CT molecular complexity index is 979. The molecule has 158 valence electrons. The van der Waals surface area contributed by atoms with Crippen LogP contribution in [0.25, 0.3) is 11.4 Å². The number of aryl methyl sites for hydroxylation is 1. The third-order valence-electron chi connectivity index (χ3n) is 4.16. The van der Waals surface area contributed by atoms with Crippen LogP contribution in [0.1, 0.15) is 18.7 Å². The Kier molecular flexibility index (Phi) is 7.87. The van der Waals surface area contributed by atoms with Gasteiger partial charge in [-0.05, 0) is 36.8 Å². The van der Waals surface area contributed by atoms with Crippen molar-refractivity contribution in [1.29, 1.82) is 0 Å². The van der Waals surface area contributed by atoms with Crippen LogP contribution in [0.4, 0.5) is 5.82 Å². The second kappa shape index (κ2) is 10.8. The fraction of sp³-hybridized carbons (Fsp3) is 0.300. The quantitative estimate of drug-likeness (QED) is 0.450. The van der Waals surface area contributed by atoms with Gasteiger partial charge in [-0.2, -0.15) is 4.98 Å². The van der Waals surface area contributed by atoms with Crippen molar-refractivity contribution in [1.82, 2.24) is 20.4 Å². The topological polar surface area (TPSA) is 102 Å². The fourth-order valence-electron chi connectivity index (χ4n) is 2.63. The lowest BCUT2D eigenvalue weighted by atomic mass is 10.2. The van der Waals surface area contributed by atoms with E-state index in [1.54, 1.807) is 13.2 Å². The molecule has 3 aromatic rings. The van der Waals surface area contributed by atoms with Gasteiger partial charge in [0, 0.05) is 37.7 Å². The minimum atomic E-state index is -0.0538. The monoisotopic (exact) mass is 449 g/mol. The third-order valence-corrected chi connectivity index (χ3v) is 4.65. The molecule has 2 N–H and O–H groups in total. The summed E-state index contributed by atoms with van der Waals surface area (Å²) in [5.41, 5.74) is 0.839. The summed E-state index contributed by atoms with van der Waals surface area (Å²) in [4.78, 5) is 20.4. The molecule has 0 saturated heterocycles. The molecule has 1 aromatic carbocycles. The highest BCUT2D eigenvalue weighted by Crippen LogP contribution is 2.22. The van der Waals surface area contributed by atoms with Crippen molar-refractivity contribution in [2.75, 3.05) is 25.5 Å². The van der Waals surface area contributed by atoms with E-state index in [9.17, 15) is 4.79 Å². The maximum atomic E-state index is 12.0. The van der Waals surface area contributed by atoms with Gasteiger partial charge in [0.25, 0.3) is 0 Å². The van der Waals surface area contributed by atoms with Crippen molar-refractivity contribution in [2.45, 2.75) is 19.3 Å². The van der Waals surface area contributed by atoms with Crippen LogP contribution in [-0.4, -0.2) is 41.2 Å². The number of anilines is 1. The molecule has 8 nitrogen and oxygen atoms in total. The number of benzene rings is 1. The van der Waals surface area contributed by atoms with Crippen LogP contribution >= 0.6 is 23.2 Å². The Morgan fingerprint density at radius 2 is 2.00 bits per heavy atom. The number of pyridine rings is 1. The Hall–Kier alpha value is -2.84. The molecule has 2 heterocycles. The average Bonchev–Trinajstić information content (AvgIpc) is 3.21. The first-order valence-corrected chi connectivity index (χ1v) is 10.1. The van der Waals surface area contributed by atoms with E-state index < -0.39 is 0 Å². The van der Waals surface area contributed by atoms with E-state index in [-0.39, 0.29) is 5.91 Å². The molecule has 2 aromatic heterocycles. The van der Waals surface area contributed by atoms with Crippen molar-refractivity contribution in [2.24, 2.45) is 0 Å². The zero-order chi connectivity index (χ0) is 21.3. The lowest BCUT2D eigenvalue weighted by molar-refractivity contribution is -0.121. The summed E-state index contributed by atoms with van der Waals surface area (Å²) in [5.74, 6) is 2.24. The van der Waals surface area contributed by atoms with E-state index in [1.165, 1.54) is 6.20 Å². The van der Waals surface area contributed by atoms with Crippen LogP contribution in [-0.2, 0) is 11.2 Å². The molecular weight excluding hydrogens is 429 g/mol. The summed E-state index contributed by atoms with van der Waals surface area (Å²) in [6.07, 6.45) is 3.00. The van der Waals surface area contributed by atoms with Crippen LogP contribution in [0.15, 0.2) is 41.1 Å². The highest BCUT2D eigenvalue weighted by Gasteiger charge is 2.10. The molecule has 0 aliphatic carbocycles. The number of carbonyl (C=O) groups excluding carboxylic acids is 1. The molecule has 1 amide bonds. The SMILES string of the molecule is COc1ccc(-c2noc(CCCC(=O)NCCNc3ncc(Cl)cc3Cl)n2)cc1. The summed E-state index contributed by atoms with van der Waals surface area (Å²) in [5, 5.41) is 10.8. The summed E-state index contributed by atoms with van der Waals surface area (Å²) in [6.45, 7) is 0.941. The van der Waals surface area contributed by atoms with Crippen LogP contribution < -0.4 is 15.4 Å². The Morgan fingerprint density at radius 1 is 1.20 bits per heavy atom. The molecular formula is C20H21Cl2N5O3. The molecule has 0 atom stereocenters. The van der Waals surface area contributed by atoms with Crippen LogP contribution in [0.3, 0.4) is 0 Å². The lowest BCUT2D eigenvalue weighted by Gasteiger charge is -2.08. The predicted molar refractivity (Wildman–Crippen MR) is 115 cm³/mol. The first-order valence-electron chi connectivity index (χ1n) is 9.34. The van der Waals surface area contributed by atoms with E-state index in [0.29, 0.717) is 59.9 Å². The number of halogens is 2. The maximum absolute atomic E-state index is 12.0. The summed E-state index contributed by atoms with van der Waals surface area (Å²) in [7, 11) is 1.61. The van der Waals surface area contributed by atoms with Gasteiger partial charge in [-0.1, -0.05) is 28.4 Å². The minimum Gasteiger partial charge on any atom is -0.497 e. The van der Waals surface area contributed by atoms with Crippen molar-refractivity contribution >= 4 is 34.9 Å². The van der Waals surface area contributed by atoms with Gasteiger partial charge in [0.1, 0.15) is 11.6 Å². The molecule has 0 spiro atoms. The highest BCUT2D eigenvalue weighted by atomic mass is 35.5. The van der Waals surface area contributed by atoms with Crippen LogP contribution in [0.2, 0.25) is 10.0 Å². The number of amides is 1. The minimum absolute atomic E-state index is 0.0538. The van der Waals surface area contributed by atoms with Gasteiger partial charge in [0.15, 0.2) is 0 Å². The van der Waals surface area contributed by atoms with Crippen LogP contribution in [0.5, 0.6) is 5.75 Å². The van der Waals surface area contributed by atoms with Gasteiger partial charge in [-0.15, -0.1) is 0 Å². The molecule has 0 aliphatic heterocycles. The summed E-state index contributed by atoms with van der Waals surface area (Å²) >= 11 is 11.8. The highest BCUT2D eigenvalue weighted by molar-refractivity contribution is 6.35. The summed E-state index contributed by atoms with van der Waals surface area (Å²) in [6, 6.07) is 9.00. The largest absolute Gasteiger partial charge is 0.497 e. The van der Waals surface area contributed by atoms with Crippen molar-refractivity contribution in [3.8, 4) is 17.1 Å². The molecule has 0 bridgehead atoms. The van der Waals surface area contributed by atoms with Gasteiger partial charge >= 0.3 is 0 Å². The van der Waals surface area contributed by atoms with E-state index in [0.717, 1.165) is 11.3 Å². The Balaban J connectivity index is 1.35. The number of nitrogens with one attached hydrogen (secondary N) is 2. The molecule has 0 aliphatic rings. The second-order valence-corrected chi connectivity index (χ2v) is 7.20. The van der Waals surface area contributed by atoms with Gasteiger partial charge in [-0.25, -0.2) is 4.98 Å². The number of aromatic nitrogens is 3. The lowest BCUT2D eigenvalue weighted by Crippen LogP contribution is -2.28. The van der Waals surface area contributed by atoms with Crippen molar-refractivity contribution in [3.05, 3.63) is 52.5 Å².